The van der Waals surface area contributed by atoms with Gasteiger partial charge < -0.3 is 9.88 Å². The van der Waals surface area contributed by atoms with Gasteiger partial charge in [-0.3, -0.25) is 0 Å². The Morgan fingerprint density at radius 2 is 2.16 bits per heavy atom. The summed E-state index contributed by atoms with van der Waals surface area (Å²) in [6.45, 7) is 3.14. The molecule has 4 heteroatoms. The number of nitrogens with zero attached hydrogens (tertiary/aromatic N) is 2. The van der Waals surface area contributed by atoms with Gasteiger partial charge in [0.25, 0.3) is 0 Å². The molecule has 1 unspecified atom stereocenters. The fourth-order valence-corrected chi connectivity index (χ4v) is 3.05. The summed E-state index contributed by atoms with van der Waals surface area (Å²) in [5, 5.41) is 3.58. The van der Waals surface area contributed by atoms with Gasteiger partial charge in [-0.05, 0) is 47.2 Å². The third-order valence-electron chi connectivity index (χ3n) is 3.31. The Labute approximate surface area is 128 Å². The quantitative estimate of drug-likeness (QED) is 0.792. The molecule has 0 amide bonds. The van der Waals surface area contributed by atoms with E-state index in [4.69, 9.17) is 0 Å². The van der Waals surface area contributed by atoms with E-state index in [1.54, 1.807) is 0 Å². The van der Waals surface area contributed by atoms with E-state index in [1.807, 2.05) is 12.4 Å². The van der Waals surface area contributed by atoms with E-state index in [9.17, 15) is 0 Å². The summed E-state index contributed by atoms with van der Waals surface area (Å²) < 4.78 is 3.42. The molecule has 0 saturated heterocycles. The van der Waals surface area contributed by atoms with Crippen LogP contribution in [0.4, 0.5) is 0 Å². The fourth-order valence-electron chi connectivity index (χ4n) is 2.28. The molecular formula is C15H20IN3. The minimum atomic E-state index is 0.398. The molecule has 19 heavy (non-hydrogen) atoms. The Kier molecular flexibility index (Phi) is 5.39. The van der Waals surface area contributed by atoms with Crippen molar-refractivity contribution in [2.75, 3.05) is 6.54 Å². The van der Waals surface area contributed by atoms with Gasteiger partial charge in [-0.15, -0.1) is 0 Å². The van der Waals surface area contributed by atoms with Gasteiger partial charge in [-0.2, -0.15) is 0 Å². The zero-order valence-corrected chi connectivity index (χ0v) is 13.6. The van der Waals surface area contributed by atoms with Gasteiger partial charge in [-0.25, -0.2) is 4.98 Å². The highest BCUT2D eigenvalue weighted by Crippen LogP contribution is 2.23. The van der Waals surface area contributed by atoms with Gasteiger partial charge in [0.2, 0.25) is 0 Å². The lowest BCUT2D eigenvalue weighted by molar-refractivity contribution is 0.504. The van der Waals surface area contributed by atoms with Crippen LogP contribution in [-0.2, 0) is 13.5 Å². The normalized spacial score (nSPS) is 12.6. The van der Waals surface area contributed by atoms with Gasteiger partial charge in [0.05, 0.1) is 0 Å². The van der Waals surface area contributed by atoms with Crippen LogP contribution in [0.3, 0.4) is 0 Å². The smallest absolute Gasteiger partial charge is 0.108 e. The van der Waals surface area contributed by atoms with Crippen molar-refractivity contribution in [3.63, 3.8) is 0 Å². The number of aryl methyl sites for hydroxylation is 2. The Balaban J connectivity index is 2.09. The summed E-state index contributed by atoms with van der Waals surface area (Å²) in [6.07, 6.45) is 5.93. The van der Waals surface area contributed by atoms with Gasteiger partial charge in [0.1, 0.15) is 5.82 Å². The summed E-state index contributed by atoms with van der Waals surface area (Å²) in [5.74, 6) is 1.15. The standard InChI is InChI=1S/C15H20IN3/c1-3-17-14(12-6-4-5-7-13(12)16)8-9-15-18-10-11-19(15)2/h4-7,10-11,14,17H,3,8-9H2,1-2H3. The number of benzene rings is 1. The highest BCUT2D eigenvalue weighted by Gasteiger charge is 2.14. The van der Waals surface area contributed by atoms with Crippen molar-refractivity contribution in [2.24, 2.45) is 7.05 Å². The summed E-state index contributed by atoms with van der Waals surface area (Å²) in [6, 6.07) is 8.99. The molecule has 0 spiro atoms. The van der Waals surface area contributed by atoms with Crippen molar-refractivity contribution in [1.29, 1.82) is 0 Å². The second-order valence-electron chi connectivity index (χ2n) is 4.62. The molecule has 0 fully saturated rings. The molecule has 1 aromatic carbocycles. The Morgan fingerprint density at radius 3 is 2.79 bits per heavy atom. The molecule has 1 heterocycles. The average Bonchev–Trinajstić information content (AvgIpc) is 2.81. The number of aromatic nitrogens is 2. The molecular weight excluding hydrogens is 349 g/mol. The second kappa shape index (κ2) is 7.05. The highest BCUT2D eigenvalue weighted by molar-refractivity contribution is 14.1. The molecule has 2 aromatic rings. The van der Waals surface area contributed by atoms with Crippen LogP contribution >= 0.6 is 22.6 Å². The van der Waals surface area contributed by atoms with E-state index in [0.717, 1.165) is 25.2 Å². The molecule has 0 aliphatic heterocycles. The molecule has 0 saturated carbocycles. The van der Waals surface area contributed by atoms with Gasteiger partial charge >= 0.3 is 0 Å². The lowest BCUT2D eigenvalue weighted by atomic mass is 10.0. The van der Waals surface area contributed by atoms with Crippen LogP contribution in [0.25, 0.3) is 0 Å². The number of hydrogen-bond acceptors (Lipinski definition) is 2. The van der Waals surface area contributed by atoms with Crippen LogP contribution in [0.5, 0.6) is 0 Å². The second-order valence-corrected chi connectivity index (χ2v) is 5.79. The van der Waals surface area contributed by atoms with E-state index in [-0.39, 0.29) is 0 Å². The number of halogens is 1. The van der Waals surface area contributed by atoms with E-state index in [0.29, 0.717) is 6.04 Å². The third kappa shape index (κ3) is 3.79. The summed E-state index contributed by atoms with van der Waals surface area (Å²) in [7, 11) is 2.05. The topological polar surface area (TPSA) is 29.9 Å². The van der Waals surface area contributed by atoms with Crippen molar-refractivity contribution < 1.29 is 0 Å². The SMILES string of the molecule is CCNC(CCc1nccn1C)c1ccccc1I. The molecule has 1 atom stereocenters. The first-order valence-corrected chi connectivity index (χ1v) is 7.74. The van der Waals surface area contributed by atoms with E-state index < -0.39 is 0 Å². The zero-order chi connectivity index (χ0) is 13.7. The molecule has 102 valence electrons. The lowest BCUT2D eigenvalue weighted by Gasteiger charge is -2.19. The molecule has 3 nitrogen and oxygen atoms in total. The summed E-state index contributed by atoms with van der Waals surface area (Å²) in [5.41, 5.74) is 1.39. The largest absolute Gasteiger partial charge is 0.338 e. The maximum absolute atomic E-state index is 4.40. The first kappa shape index (κ1) is 14.5. The Hall–Kier alpha value is -0.880. The van der Waals surface area contributed by atoms with Crippen molar-refractivity contribution >= 4 is 22.6 Å². The first-order chi connectivity index (χ1) is 9.22. The van der Waals surface area contributed by atoms with Crippen LogP contribution < -0.4 is 5.32 Å². The van der Waals surface area contributed by atoms with Crippen LogP contribution in [0, 0.1) is 3.57 Å². The molecule has 0 radical (unpaired) electrons. The monoisotopic (exact) mass is 369 g/mol. The molecule has 2 rings (SSSR count). The molecule has 1 aromatic heterocycles. The Morgan fingerprint density at radius 1 is 1.37 bits per heavy atom. The number of imidazole rings is 1. The van der Waals surface area contributed by atoms with E-state index in [1.165, 1.54) is 9.13 Å². The first-order valence-electron chi connectivity index (χ1n) is 6.66. The van der Waals surface area contributed by atoms with Crippen LogP contribution in [0.15, 0.2) is 36.7 Å². The molecule has 0 aliphatic carbocycles. The molecule has 0 aliphatic rings. The van der Waals surface area contributed by atoms with Crippen LogP contribution in [0.1, 0.15) is 30.8 Å². The predicted octanol–water partition coefficient (Wildman–Crippen LogP) is 3.31. The van der Waals surface area contributed by atoms with Crippen molar-refractivity contribution in [3.8, 4) is 0 Å². The lowest BCUT2D eigenvalue weighted by Crippen LogP contribution is -2.22. The number of rotatable bonds is 6. The van der Waals surface area contributed by atoms with Crippen molar-refractivity contribution in [3.05, 3.63) is 51.6 Å². The van der Waals surface area contributed by atoms with Gasteiger partial charge in [-0.1, -0.05) is 25.1 Å². The van der Waals surface area contributed by atoms with Gasteiger partial charge in [0.15, 0.2) is 0 Å². The zero-order valence-electron chi connectivity index (χ0n) is 11.4. The van der Waals surface area contributed by atoms with Crippen molar-refractivity contribution in [1.82, 2.24) is 14.9 Å². The maximum Gasteiger partial charge on any atom is 0.108 e. The van der Waals surface area contributed by atoms with Gasteiger partial charge in [0, 0.05) is 35.5 Å². The summed E-state index contributed by atoms with van der Waals surface area (Å²) >= 11 is 2.41. The van der Waals surface area contributed by atoms with E-state index in [2.05, 4.69) is 75.7 Å². The maximum atomic E-state index is 4.40. The minimum Gasteiger partial charge on any atom is -0.338 e. The molecule has 0 bridgehead atoms. The number of nitrogens with one attached hydrogen (secondary N) is 1. The Bertz CT molecular complexity index is 522. The van der Waals surface area contributed by atoms with E-state index >= 15 is 0 Å². The van der Waals surface area contributed by atoms with Crippen LogP contribution in [-0.4, -0.2) is 16.1 Å². The average molecular weight is 369 g/mol. The highest BCUT2D eigenvalue weighted by atomic mass is 127. The predicted molar refractivity (Wildman–Crippen MR) is 87.1 cm³/mol. The third-order valence-corrected chi connectivity index (χ3v) is 4.29. The van der Waals surface area contributed by atoms with Crippen LogP contribution in [0.2, 0.25) is 0 Å². The minimum absolute atomic E-state index is 0.398. The number of hydrogen-bond donors (Lipinski definition) is 1. The fraction of sp³-hybridized carbons (Fsp3) is 0.400. The summed E-state index contributed by atoms with van der Waals surface area (Å²) in [4.78, 5) is 4.40. The molecule has 1 N–H and O–H groups in total. The van der Waals surface area contributed by atoms with Crippen molar-refractivity contribution in [2.45, 2.75) is 25.8 Å².